The van der Waals surface area contributed by atoms with Crippen molar-refractivity contribution in [3.63, 3.8) is 0 Å². The molecule has 19 heavy (non-hydrogen) atoms. The SMILES string of the molecule is O=C(CCl)N1CCc2c(c(=O)[nH]c3ccccc23)C1. The van der Waals surface area contributed by atoms with Crippen molar-refractivity contribution >= 4 is 28.4 Å². The van der Waals surface area contributed by atoms with Crippen molar-refractivity contribution < 1.29 is 4.79 Å². The number of H-pyrrole nitrogens is 1. The number of aromatic nitrogens is 1. The maximum atomic E-state index is 12.1. The number of alkyl halides is 1. The Labute approximate surface area is 115 Å². The molecule has 0 unspecified atom stereocenters. The second-order valence-corrected chi connectivity index (χ2v) is 4.92. The number of rotatable bonds is 1. The van der Waals surface area contributed by atoms with Crippen LogP contribution in [0.1, 0.15) is 11.1 Å². The van der Waals surface area contributed by atoms with Gasteiger partial charge in [0.05, 0.1) is 6.54 Å². The molecule has 0 spiro atoms. The van der Waals surface area contributed by atoms with Gasteiger partial charge in [-0.15, -0.1) is 11.6 Å². The Balaban J connectivity index is 2.13. The zero-order valence-corrected chi connectivity index (χ0v) is 11.0. The van der Waals surface area contributed by atoms with Crippen LogP contribution < -0.4 is 5.56 Å². The first-order chi connectivity index (χ1) is 9.20. The minimum absolute atomic E-state index is 0.0409. The van der Waals surface area contributed by atoms with E-state index in [4.69, 9.17) is 11.6 Å². The summed E-state index contributed by atoms with van der Waals surface area (Å²) in [5, 5.41) is 1.06. The van der Waals surface area contributed by atoms with Gasteiger partial charge in [-0.25, -0.2) is 0 Å². The number of carbonyl (C=O) groups is 1. The molecule has 0 saturated heterocycles. The largest absolute Gasteiger partial charge is 0.337 e. The van der Waals surface area contributed by atoms with Gasteiger partial charge in [-0.2, -0.15) is 0 Å². The fraction of sp³-hybridized carbons (Fsp3) is 0.286. The molecular weight excluding hydrogens is 264 g/mol. The summed E-state index contributed by atoms with van der Waals surface area (Å²) in [5.74, 6) is -0.166. The van der Waals surface area contributed by atoms with Gasteiger partial charge < -0.3 is 9.88 Å². The highest BCUT2D eigenvalue weighted by atomic mass is 35.5. The maximum Gasteiger partial charge on any atom is 0.253 e. The molecule has 1 N–H and O–H groups in total. The monoisotopic (exact) mass is 276 g/mol. The number of pyridine rings is 1. The van der Waals surface area contributed by atoms with E-state index < -0.39 is 0 Å². The molecule has 3 rings (SSSR count). The van der Waals surface area contributed by atoms with Crippen molar-refractivity contribution in [1.29, 1.82) is 0 Å². The predicted molar refractivity (Wildman–Crippen MR) is 74.4 cm³/mol. The quantitative estimate of drug-likeness (QED) is 0.805. The molecule has 1 aromatic heterocycles. The van der Waals surface area contributed by atoms with Gasteiger partial charge in [0.15, 0.2) is 0 Å². The Morgan fingerprint density at radius 1 is 1.32 bits per heavy atom. The molecule has 5 heteroatoms. The predicted octanol–water partition coefficient (Wildman–Crippen LogP) is 1.65. The summed E-state index contributed by atoms with van der Waals surface area (Å²) in [4.78, 5) is 28.2. The Bertz CT molecular complexity index is 708. The van der Waals surface area contributed by atoms with E-state index in [1.807, 2.05) is 24.3 Å². The molecule has 1 amide bonds. The van der Waals surface area contributed by atoms with Gasteiger partial charge in [0.25, 0.3) is 5.56 Å². The van der Waals surface area contributed by atoms with Crippen LogP contribution in [0.5, 0.6) is 0 Å². The molecule has 2 aromatic rings. The molecule has 1 aliphatic rings. The highest BCUT2D eigenvalue weighted by Crippen LogP contribution is 2.23. The van der Waals surface area contributed by atoms with E-state index in [0.29, 0.717) is 25.1 Å². The minimum Gasteiger partial charge on any atom is -0.337 e. The lowest BCUT2D eigenvalue weighted by Crippen LogP contribution is -2.39. The zero-order valence-electron chi connectivity index (χ0n) is 10.3. The van der Waals surface area contributed by atoms with E-state index >= 15 is 0 Å². The third kappa shape index (κ3) is 2.02. The summed E-state index contributed by atoms with van der Waals surface area (Å²) in [6.07, 6.45) is 0.697. The second kappa shape index (κ2) is 4.70. The number of fused-ring (bicyclic) bond motifs is 3. The van der Waals surface area contributed by atoms with Crippen molar-refractivity contribution in [3.05, 3.63) is 45.7 Å². The van der Waals surface area contributed by atoms with E-state index in [9.17, 15) is 9.59 Å². The molecule has 2 heterocycles. The number of benzene rings is 1. The molecule has 0 fully saturated rings. The van der Waals surface area contributed by atoms with E-state index in [0.717, 1.165) is 16.5 Å². The highest BCUT2D eigenvalue weighted by Gasteiger charge is 2.23. The summed E-state index contributed by atoms with van der Waals surface area (Å²) in [7, 11) is 0. The van der Waals surface area contributed by atoms with Crippen LogP contribution in [0.4, 0.5) is 0 Å². The normalized spacial score (nSPS) is 14.5. The van der Waals surface area contributed by atoms with Gasteiger partial charge in [-0.05, 0) is 18.1 Å². The lowest BCUT2D eigenvalue weighted by molar-refractivity contribution is -0.129. The molecule has 4 nitrogen and oxygen atoms in total. The van der Waals surface area contributed by atoms with E-state index in [1.165, 1.54) is 0 Å². The van der Waals surface area contributed by atoms with Crippen LogP contribution in [0.3, 0.4) is 0 Å². The number of nitrogens with zero attached hydrogens (tertiary/aromatic N) is 1. The molecule has 0 atom stereocenters. The van der Waals surface area contributed by atoms with Gasteiger partial charge in [-0.1, -0.05) is 18.2 Å². The van der Waals surface area contributed by atoms with E-state index in [1.54, 1.807) is 4.90 Å². The van der Waals surface area contributed by atoms with Gasteiger partial charge in [0.1, 0.15) is 5.88 Å². The van der Waals surface area contributed by atoms with Crippen molar-refractivity contribution in [2.45, 2.75) is 13.0 Å². The Morgan fingerprint density at radius 2 is 2.11 bits per heavy atom. The Morgan fingerprint density at radius 3 is 2.89 bits per heavy atom. The summed E-state index contributed by atoms with van der Waals surface area (Å²) in [6.45, 7) is 0.965. The molecule has 0 radical (unpaired) electrons. The first-order valence-corrected chi connectivity index (χ1v) is 6.70. The number of amides is 1. The summed E-state index contributed by atoms with van der Waals surface area (Å²) in [5.41, 5.74) is 2.48. The molecule has 0 aliphatic carbocycles. The van der Waals surface area contributed by atoms with Crippen LogP contribution >= 0.6 is 11.6 Å². The van der Waals surface area contributed by atoms with E-state index in [-0.39, 0.29) is 17.3 Å². The zero-order chi connectivity index (χ0) is 13.4. The van der Waals surface area contributed by atoms with Gasteiger partial charge in [0.2, 0.25) is 5.91 Å². The van der Waals surface area contributed by atoms with Crippen LogP contribution in [0.25, 0.3) is 10.9 Å². The summed E-state index contributed by atoms with van der Waals surface area (Å²) < 4.78 is 0. The third-order valence-electron chi connectivity index (χ3n) is 3.59. The molecule has 1 aliphatic heterocycles. The lowest BCUT2D eigenvalue weighted by atomic mass is 9.96. The van der Waals surface area contributed by atoms with Crippen LogP contribution in [0.2, 0.25) is 0 Å². The summed E-state index contributed by atoms with van der Waals surface area (Å²) >= 11 is 5.57. The van der Waals surface area contributed by atoms with Crippen molar-refractivity contribution in [2.75, 3.05) is 12.4 Å². The fourth-order valence-electron chi connectivity index (χ4n) is 2.62. The number of hydrogen-bond acceptors (Lipinski definition) is 2. The molecule has 98 valence electrons. The Hall–Kier alpha value is -1.81. The van der Waals surface area contributed by atoms with Gasteiger partial charge >= 0.3 is 0 Å². The molecular formula is C14H13ClN2O2. The smallest absolute Gasteiger partial charge is 0.253 e. The van der Waals surface area contributed by atoms with Gasteiger partial charge in [-0.3, -0.25) is 9.59 Å². The Kier molecular flexibility index (Phi) is 3.03. The number of aromatic amines is 1. The number of para-hydroxylation sites is 1. The minimum atomic E-state index is -0.125. The third-order valence-corrected chi connectivity index (χ3v) is 3.82. The average Bonchev–Trinajstić information content (AvgIpc) is 2.46. The standard InChI is InChI=1S/C14H13ClN2O2/c15-7-13(18)17-6-5-9-10-3-1-2-4-12(10)16-14(19)11(9)8-17/h1-4H,5-8H2,(H,16,19). The van der Waals surface area contributed by atoms with Crippen molar-refractivity contribution in [1.82, 2.24) is 9.88 Å². The number of halogens is 1. The lowest BCUT2D eigenvalue weighted by Gasteiger charge is -2.28. The molecule has 1 aromatic carbocycles. The first kappa shape index (κ1) is 12.2. The first-order valence-electron chi connectivity index (χ1n) is 6.17. The van der Waals surface area contributed by atoms with Crippen LogP contribution in [0, 0.1) is 0 Å². The number of nitrogens with one attached hydrogen (secondary N) is 1. The number of carbonyl (C=O) groups excluding carboxylic acids is 1. The molecule has 0 bridgehead atoms. The maximum absolute atomic E-state index is 12.1. The van der Waals surface area contributed by atoms with Gasteiger partial charge in [0, 0.05) is 23.0 Å². The second-order valence-electron chi connectivity index (χ2n) is 4.66. The topological polar surface area (TPSA) is 53.2 Å². The van der Waals surface area contributed by atoms with Crippen LogP contribution in [-0.2, 0) is 17.8 Å². The highest BCUT2D eigenvalue weighted by molar-refractivity contribution is 6.27. The van der Waals surface area contributed by atoms with Crippen molar-refractivity contribution in [3.8, 4) is 0 Å². The van der Waals surface area contributed by atoms with Crippen molar-refractivity contribution in [2.24, 2.45) is 0 Å². The van der Waals surface area contributed by atoms with E-state index in [2.05, 4.69) is 4.98 Å². The molecule has 0 saturated carbocycles. The van der Waals surface area contributed by atoms with Crippen LogP contribution in [-0.4, -0.2) is 28.2 Å². The fourth-order valence-corrected chi connectivity index (χ4v) is 2.79. The average molecular weight is 277 g/mol. The number of hydrogen-bond donors (Lipinski definition) is 1. The van der Waals surface area contributed by atoms with Crippen LogP contribution in [0.15, 0.2) is 29.1 Å². The summed E-state index contributed by atoms with van der Waals surface area (Å²) in [6, 6.07) is 7.75.